The van der Waals surface area contributed by atoms with Gasteiger partial charge in [-0.3, -0.25) is 14.6 Å². The Morgan fingerprint density at radius 1 is 0.956 bits per heavy atom. The molecule has 3 aromatic rings. The highest BCUT2D eigenvalue weighted by molar-refractivity contribution is 9.10. The van der Waals surface area contributed by atoms with E-state index >= 15 is 0 Å². The number of rotatable bonds is 7. The van der Waals surface area contributed by atoms with Gasteiger partial charge in [-0.05, 0) is 95.5 Å². The van der Waals surface area contributed by atoms with E-state index in [0.717, 1.165) is 16.5 Å². The quantitative estimate of drug-likeness (QED) is 0.141. The number of fused-ring (bicyclic) bond motifs is 4. The number of benzene rings is 3. The van der Waals surface area contributed by atoms with Crippen LogP contribution in [0.2, 0.25) is 0 Å². The predicted octanol–water partition coefficient (Wildman–Crippen LogP) is 8.76. The molecule has 1 spiro atoms. The van der Waals surface area contributed by atoms with Gasteiger partial charge in [0.1, 0.15) is 17.2 Å². The topological polar surface area (TPSA) is 77.4 Å². The monoisotopic (exact) mass is 676 g/mol. The van der Waals surface area contributed by atoms with Crippen molar-refractivity contribution < 1.29 is 23.8 Å². The summed E-state index contributed by atoms with van der Waals surface area (Å²) in [4.78, 5) is 34.0. The van der Waals surface area contributed by atoms with Crippen molar-refractivity contribution in [2.75, 3.05) is 19.1 Å². The second-order valence-electron chi connectivity index (χ2n) is 14.9. The molecule has 0 saturated carbocycles. The van der Waals surface area contributed by atoms with Gasteiger partial charge < -0.3 is 19.1 Å². The summed E-state index contributed by atoms with van der Waals surface area (Å²) in [6.45, 7) is 17.8. The molecule has 7 nitrogen and oxygen atoms in total. The summed E-state index contributed by atoms with van der Waals surface area (Å²) >= 11 is 3.70. The van der Waals surface area contributed by atoms with E-state index in [1.807, 2.05) is 92.1 Å². The minimum absolute atomic E-state index is 0.332. The SMILES string of the molecule is COC(=O)C(C)(CC(C)(C)C(C)(C)C(=O)Oc1ccc2ccc3c(c2c1)N=CC1(O3)N(C)c2ccccc2C1(C)C)C(C)(C)Br. The molecular formula is C37H45BrN2O5. The van der Waals surface area contributed by atoms with Gasteiger partial charge >= 0.3 is 11.9 Å². The van der Waals surface area contributed by atoms with E-state index in [4.69, 9.17) is 19.2 Å². The van der Waals surface area contributed by atoms with Gasteiger partial charge in [-0.15, -0.1) is 0 Å². The van der Waals surface area contributed by atoms with Gasteiger partial charge in [-0.25, -0.2) is 0 Å². The van der Waals surface area contributed by atoms with Crippen LogP contribution in [0.25, 0.3) is 10.8 Å². The molecule has 2 aliphatic rings. The lowest BCUT2D eigenvalue weighted by atomic mass is 9.58. The summed E-state index contributed by atoms with van der Waals surface area (Å²) in [7, 11) is 3.43. The lowest BCUT2D eigenvalue weighted by Gasteiger charge is -2.47. The minimum atomic E-state index is -0.951. The number of carbonyl (C=O) groups is 2. The number of hydrogen-bond acceptors (Lipinski definition) is 7. The second-order valence-corrected chi connectivity index (χ2v) is 16.9. The first-order chi connectivity index (χ1) is 20.7. The zero-order valence-electron chi connectivity index (χ0n) is 28.3. The smallest absolute Gasteiger partial charge is 0.317 e. The molecule has 8 heteroatoms. The Balaban J connectivity index is 1.45. The van der Waals surface area contributed by atoms with Crippen molar-refractivity contribution in [1.82, 2.24) is 0 Å². The number of carbonyl (C=O) groups excluding carboxylic acids is 2. The minimum Gasteiger partial charge on any atom is -0.469 e. The third-order valence-corrected chi connectivity index (χ3v) is 11.9. The second kappa shape index (κ2) is 10.6. The molecule has 5 rings (SSSR count). The summed E-state index contributed by atoms with van der Waals surface area (Å²) in [6.07, 6.45) is 2.30. The van der Waals surface area contributed by atoms with Crippen LogP contribution in [0.15, 0.2) is 59.6 Å². The van der Waals surface area contributed by atoms with Crippen molar-refractivity contribution in [2.45, 2.75) is 84.2 Å². The van der Waals surface area contributed by atoms with Gasteiger partial charge in [0.05, 0.1) is 29.6 Å². The molecule has 0 aliphatic carbocycles. The molecule has 2 atom stereocenters. The zero-order valence-corrected chi connectivity index (χ0v) is 29.9. The third-order valence-electron chi connectivity index (χ3n) is 11.1. The van der Waals surface area contributed by atoms with Gasteiger partial charge in [-0.2, -0.15) is 0 Å². The van der Waals surface area contributed by atoms with Gasteiger partial charge in [0, 0.05) is 22.4 Å². The van der Waals surface area contributed by atoms with Crippen LogP contribution in [0, 0.1) is 16.2 Å². The van der Waals surface area contributed by atoms with E-state index in [9.17, 15) is 9.59 Å². The number of methoxy groups -OCH3 is 1. The average molecular weight is 678 g/mol. The van der Waals surface area contributed by atoms with E-state index in [1.54, 1.807) is 6.07 Å². The fourth-order valence-corrected chi connectivity index (χ4v) is 7.09. The van der Waals surface area contributed by atoms with Crippen molar-refractivity contribution in [2.24, 2.45) is 21.2 Å². The molecule has 0 fully saturated rings. The highest BCUT2D eigenvalue weighted by atomic mass is 79.9. The summed E-state index contributed by atoms with van der Waals surface area (Å²) in [6, 6.07) is 17.9. The van der Waals surface area contributed by atoms with Gasteiger partial charge in [0.2, 0.25) is 5.72 Å². The number of nitrogens with zero attached hydrogens (tertiary/aromatic N) is 2. The zero-order chi connectivity index (χ0) is 33.4. The Morgan fingerprint density at radius 3 is 2.22 bits per heavy atom. The lowest BCUT2D eigenvalue weighted by molar-refractivity contribution is -0.162. The molecule has 45 heavy (non-hydrogen) atoms. The van der Waals surface area contributed by atoms with Gasteiger partial charge in [0.25, 0.3) is 0 Å². The number of halogens is 1. The first-order valence-corrected chi connectivity index (χ1v) is 16.2. The van der Waals surface area contributed by atoms with Crippen LogP contribution in [-0.2, 0) is 19.7 Å². The Morgan fingerprint density at radius 2 is 1.60 bits per heavy atom. The predicted molar refractivity (Wildman–Crippen MR) is 184 cm³/mol. The Kier molecular flexibility index (Phi) is 7.75. The number of alkyl halides is 1. The van der Waals surface area contributed by atoms with E-state index in [2.05, 4.69) is 52.9 Å². The van der Waals surface area contributed by atoms with E-state index in [-0.39, 0.29) is 17.4 Å². The van der Waals surface area contributed by atoms with Crippen LogP contribution in [0.1, 0.15) is 74.3 Å². The first-order valence-electron chi connectivity index (χ1n) is 15.4. The standard InChI is InChI=1S/C37H45BrN2O5/c1-32(2,21-36(9,31(42)43-11)35(7,8)38)34(5,6)30(41)44-24-18-16-23-17-19-28-29(25(23)20-24)39-22-37(45-28)33(3,4)26-14-12-13-15-27(26)40(37)10/h12-20,22H,21H2,1-11H3. The molecule has 0 radical (unpaired) electrons. The molecule has 2 unspecified atom stereocenters. The molecule has 240 valence electrons. The van der Waals surface area contributed by atoms with Crippen LogP contribution in [0.3, 0.4) is 0 Å². The van der Waals surface area contributed by atoms with E-state index in [1.165, 1.54) is 12.7 Å². The lowest BCUT2D eigenvalue weighted by Crippen LogP contribution is -2.61. The van der Waals surface area contributed by atoms with Crippen molar-refractivity contribution in [1.29, 1.82) is 0 Å². The van der Waals surface area contributed by atoms with Crippen molar-refractivity contribution >= 4 is 56.2 Å². The van der Waals surface area contributed by atoms with Gasteiger partial charge in [-0.1, -0.05) is 60.1 Å². The number of likely N-dealkylation sites (N-methyl/N-ethyl adjacent to an activating group) is 1. The number of aliphatic imine (C=N–C) groups is 1. The largest absolute Gasteiger partial charge is 0.469 e. The summed E-state index contributed by atoms with van der Waals surface area (Å²) in [5.74, 6) is 0.369. The molecule has 0 bridgehead atoms. The van der Waals surface area contributed by atoms with E-state index < -0.39 is 26.3 Å². The maximum absolute atomic E-state index is 13.9. The Labute approximate surface area is 275 Å². The van der Waals surface area contributed by atoms with Crippen molar-refractivity contribution in [3.63, 3.8) is 0 Å². The number of esters is 2. The molecule has 3 aromatic carbocycles. The molecular weight excluding hydrogens is 632 g/mol. The fraction of sp³-hybridized carbons (Fsp3) is 0.486. The average Bonchev–Trinajstić information content (AvgIpc) is 3.13. The first kappa shape index (κ1) is 33.0. The molecule has 2 heterocycles. The summed E-state index contributed by atoms with van der Waals surface area (Å²) in [5, 5.41) is 1.79. The van der Waals surface area contributed by atoms with Crippen LogP contribution in [0.4, 0.5) is 11.4 Å². The maximum Gasteiger partial charge on any atom is 0.317 e. The highest BCUT2D eigenvalue weighted by Crippen LogP contribution is 2.55. The Hall–Kier alpha value is -3.39. The van der Waals surface area contributed by atoms with Crippen LogP contribution < -0.4 is 14.4 Å². The summed E-state index contributed by atoms with van der Waals surface area (Å²) in [5.41, 5.74) is -0.630. The van der Waals surface area contributed by atoms with Crippen LogP contribution in [-0.4, -0.2) is 42.4 Å². The number of anilines is 1. The van der Waals surface area contributed by atoms with Crippen molar-refractivity contribution in [3.8, 4) is 11.5 Å². The summed E-state index contributed by atoms with van der Waals surface area (Å²) < 4.78 is 17.5. The number of para-hydroxylation sites is 1. The van der Waals surface area contributed by atoms with Crippen LogP contribution >= 0.6 is 15.9 Å². The van der Waals surface area contributed by atoms with Crippen LogP contribution in [0.5, 0.6) is 11.5 Å². The third kappa shape index (κ3) is 4.86. The molecule has 2 aliphatic heterocycles. The molecule has 0 N–H and O–H groups in total. The normalized spacial score (nSPS) is 20.3. The fourth-order valence-electron chi connectivity index (χ4n) is 6.78. The van der Waals surface area contributed by atoms with E-state index in [0.29, 0.717) is 23.6 Å². The molecule has 0 aromatic heterocycles. The number of hydrogen-bond donors (Lipinski definition) is 0. The molecule has 0 amide bonds. The van der Waals surface area contributed by atoms with Crippen molar-refractivity contribution in [3.05, 3.63) is 60.2 Å². The molecule has 0 saturated heterocycles. The Bertz CT molecular complexity index is 1720. The van der Waals surface area contributed by atoms with Gasteiger partial charge in [0.15, 0.2) is 0 Å². The highest BCUT2D eigenvalue weighted by Gasteiger charge is 2.59. The maximum atomic E-state index is 13.9. The number of ether oxygens (including phenoxy) is 3.